The summed E-state index contributed by atoms with van der Waals surface area (Å²) in [5.74, 6) is 0.0912. The first-order chi connectivity index (χ1) is 11.8. The highest BCUT2D eigenvalue weighted by Gasteiger charge is 2.24. The van der Waals surface area contributed by atoms with Gasteiger partial charge in [-0.2, -0.15) is 0 Å². The van der Waals surface area contributed by atoms with Gasteiger partial charge in [-0.1, -0.05) is 26.0 Å². The molecule has 1 aliphatic rings. The summed E-state index contributed by atoms with van der Waals surface area (Å²) in [6, 6.07) is 6.81. The van der Waals surface area contributed by atoms with Crippen LogP contribution in [0.1, 0.15) is 24.2 Å². The fraction of sp³-hybridized carbons (Fsp3) is 0.588. The van der Waals surface area contributed by atoms with Gasteiger partial charge in [0.2, 0.25) is 10.0 Å². The second-order valence-electron chi connectivity index (χ2n) is 6.59. The van der Waals surface area contributed by atoms with Crippen LogP contribution in [0.2, 0.25) is 0 Å². The summed E-state index contributed by atoms with van der Waals surface area (Å²) in [7, 11) is -3.45. The van der Waals surface area contributed by atoms with Crippen molar-refractivity contribution < 1.29 is 17.9 Å². The number of ether oxygens (including phenoxy) is 1. The molecule has 1 atom stereocenters. The van der Waals surface area contributed by atoms with Gasteiger partial charge in [0, 0.05) is 25.7 Å². The molecule has 2 rings (SSSR count). The Morgan fingerprint density at radius 1 is 1.24 bits per heavy atom. The van der Waals surface area contributed by atoms with Crippen LogP contribution in [0.25, 0.3) is 0 Å². The summed E-state index contributed by atoms with van der Waals surface area (Å²) in [5.41, 5.74) is 0.604. The number of nitrogens with one attached hydrogen (secondary N) is 2. The molecule has 1 amide bonds. The molecule has 0 aliphatic carbocycles. The second kappa shape index (κ2) is 8.64. The van der Waals surface area contributed by atoms with Crippen LogP contribution in [0.5, 0.6) is 0 Å². The Balaban J connectivity index is 2.06. The van der Waals surface area contributed by atoms with Crippen LogP contribution in [0.15, 0.2) is 24.3 Å². The molecule has 1 fully saturated rings. The van der Waals surface area contributed by atoms with Crippen molar-refractivity contribution in [1.29, 1.82) is 0 Å². The Bertz CT molecular complexity index is 685. The van der Waals surface area contributed by atoms with Crippen molar-refractivity contribution in [3.05, 3.63) is 29.8 Å². The number of hydrogen-bond acceptors (Lipinski definition) is 5. The number of rotatable bonds is 7. The molecule has 0 bridgehead atoms. The lowest BCUT2D eigenvalue weighted by Gasteiger charge is -2.37. The Morgan fingerprint density at radius 3 is 2.48 bits per heavy atom. The zero-order chi connectivity index (χ0) is 18.4. The molecular formula is C17H27N3O4S. The first kappa shape index (κ1) is 19.7. The van der Waals surface area contributed by atoms with Crippen LogP contribution >= 0.6 is 0 Å². The van der Waals surface area contributed by atoms with Gasteiger partial charge in [-0.05, 0) is 18.1 Å². The van der Waals surface area contributed by atoms with Crippen molar-refractivity contribution in [1.82, 2.24) is 10.2 Å². The van der Waals surface area contributed by atoms with E-state index in [9.17, 15) is 13.2 Å². The molecule has 25 heavy (non-hydrogen) atoms. The minimum absolute atomic E-state index is 0.211. The summed E-state index contributed by atoms with van der Waals surface area (Å²) in [6.45, 7) is 7.88. The molecule has 2 N–H and O–H groups in total. The van der Waals surface area contributed by atoms with Crippen LogP contribution in [-0.2, 0) is 14.8 Å². The average Bonchev–Trinajstić information content (AvgIpc) is 2.54. The van der Waals surface area contributed by atoms with Gasteiger partial charge >= 0.3 is 0 Å². The number of benzene rings is 1. The number of sulfonamides is 1. The molecule has 8 heteroatoms. The molecule has 140 valence electrons. The molecule has 0 saturated carbocycles. The number of carbonyl (C=O) groups is 1. The second-order valence-corrected chi connectivity index (χ2v) is 8.34. The fourth-order valence-electron chi connectivity index (χ4n) is 2.96. The third-order valence-electron chi connectivity index (χ3n) is 4.22. The summed E-state index contributed by atoms with van der Waals surface area (Å²) in [4.78, 5) is 14.9. The van der Waals surface area contributed by atoms with E-state index in [1.54, 1.807) is 24.3 Å². The van der Waals surface area contributed by atoms with Crippen molar-refractivity contribution in [3.8, 4) is 0 Å². The zero-order valence-corrected chi connectivity index (χ0v) is 15.8. The Kier molecular flexibility index (Phi) is 6.80. The minimum atomic E-state index is -3.45. The van der Waals surface area contributed by atoms with Crippen LogP contribution < -0.4 is 10.0 Å². The van der Waals surface area contributed by atoms with E-state index in [4.69, 9.17) is 4.74 Å². The van der Waals surface area contributed by atoms with Crippen LogP contribution in [0.4, 0.5) is 5.69 Å². The van der Waals surface area contributed by atoms with Crippen molar-refractivity contribution in [2.24, 2.45) is 5.92 Å². The van der Waals surface area contributed by atoms with Crippen molar-refractivity contribution in [2.75, 3.05) is 43.8 Å². The number of amides is 1. The number of morpholine rings is 1. The molecular weight excluding hydrogens is 342 g/mol. The molecule has 0 spiro atoms. The molecule has 1 saturated heterocycles. The largest absolute Gasteiger partial charge is 0.379 e. The number of carbonyl (C=O) groups excluding carboxylic acids is 1. The zero-order valence-electron chi connectivity index (χ0n) is 15.0. The molecule has 1 unspecified atom stereocenters. The number of para-hydroxylation sites is 1. The van der Waals surface area contributed by atoms with Crippen LogP contribution in [0.3, 0.4) is 0 Å². The summed E-state index contributed by atoms with van der Waals surface area (Å²) >= 11 is 0. The molecule has 1 aromatic carbocycles. The monoisotopic (exact) mass is 369 g/mol. The minimum Gasteiger partial charge on any atom is -0.379 e. The number of nitrogens with zero attached hydrogens (tertiary/aromatic N) is 1. The summed E-state index contributed by atoms with van der Waals surface area (Å²) in [6.07, 6.45) is 1.06. The Labute approximate surface area is 149 Å². The van der Waals surface area contributed by atoms with E-state index in [1.807, 2.05) is 0 Å². The van der Waals surface area contributed by atoms with Gasteiger partial charge in [0.25, 0.3) is 5.91 Å². The van der Waals surface area contributed by atoms with E-state index in [2.05, 4.69) is 28.8 Å². The quantitative estimate of drug-likeness (QED) is 0.753. The average molecular weight is 369 g/mol. The standard InChI is InChI=1S/C17H27N3O4S/c1-13(2)16(20-8-10-24-11-9-20)12-18-17(21)14-6-4-5-7-15(14)19-25(3,22)23/h4-7,13,16,19H,8-12H2,1-3H3,(H,18,21). The number of anilines is 1. The van der Waals surface area contributed by atoms with Crippen molar-refractivity contribution in [2.45, 2.75) is 19.9 Å². The van der Waals surface area contributed by atoms with E-state index in [0.29, 0.717) is 31.2 Å². The normalized spacial score (nSPS) is 17.3. The maximum Gasteiger partial charge on any atom is 0.253 e. The van der Waals surface area contributed by atoms with Crippen molar-refractivity contribution in [3.63, 3.8) is 0 Å². The molecule has 0 aromatic heterocycles. The van der Waals surface area contributed by atoms with E-state index in [-0.39, 0.29) is 17.6 Å². The highest BCUT2D eigenvalue weighted by atomic mass is 32.2. The smallest absolute Gasteiger partial charge is 0.253 e. The van der Waals surface area contributed by atoms with Gasteiger partial charge in [-0.3, -0.25) is 14.4 Å². The highest BCUT2D eigenvalue weighted by molar-refractivity contribution is 7.92. The van der Waals surface area contributed by atoms with Gasteiger partial charge in [-0.15, -0.1) is 0 Å². The van der Waals surface area contributed by atoms with E-state index < -0.39 is 10.0 Å². The predicted molar refractivity (Wildman–Crippen MR) is 98.3 cm³/mol. The maximum absolute atomic E-state index is 12.6. The summed E-state index contributed by atoms with van der Waals surface area (Å²) in [5, 5.41) is 2.95. The van der Waals surface area contributed by atoms with Gasteiger partial charge in [0.15, 0.2) is 0 Å². The predicted octanol–water partition coefficient (Wildman–Crippen LogP) is 1.14. The third-order valence-corrected chi connectivity index (χ3v) is 4.81. The lowest BCUT2D eigenvalue weighted by Crippen LogP contribution is -2.51. The SMILES string of the molecule is CC(C)C(CNC(=O)c1ccccc1NS(C)(=O)=O)N1CCOCC1. The van der Waals surface area contributed by atoms with Crippen molar-refractivity contribution >= 4 is 21.6 Å². The Hall–Kier alpha value is -1.64. The molecule has 1 heterocycles. The molecule has 1 aromatic rings. The highest BCUT2D eigenvalue weighted by Crippen LogP contribution is 2.17. The lowest BCUT2D eigenvalue weighted by atomic mass is 10.0. The van der Waals surface area contributed by atoms with Crippen LogP contribution in [-0.4, -0.2) is 64.4 Å². The molecule has 7 nitrogen and oxygen atoms in total. The molecule has 1 aliphatic heterocycles. The van der Waals surface area contributed by atoms with E-state index >= 15 is 0 Å². The van der Waals surface area contributed by atoms with Gasteiger partial charge in [0.1, 0.15) is 0 Å². The first-order valence-corrected chi connectivity index (χ1v) is 10.3. The van der Waals surface area contributed by atoms with Gasteiger partial charge in [0.05, 0.1) is 30.7 Å². The third kappa shape index (κ3) is 5.98. The lowest BCUT2D eigenvalue weighted by molar-refractivity contribution is 0.00673. The maximum atomic E-state index is 12.6. The number of hydrogen-bond donors (Lipinski definition) is 2. The molecule has 0 radical (unpaired) electrons. The topological polar surface area (TPSA) is 87.7 Å². The first-order valence-electron chi connectivity index (χ1n) is 8.45. The van der Waals surface area contributed by atoms with E-state index in [0.717, 1.165) is 19.3 Å². The summed E-state index contributed by atoms with van der Waals surface area (Å²) < 4.78 is 30.7. The fourth-order valence-corrected chi connectivity index (χ4v) is 3.54. The van der Waals surface area contributed by atoms with E-state index in [1.165, 1.54) is 0 Å². The Morgan fingerprint density at radius 2 is 1.88 bits per heavy atom. The van der Waals surface area contributed by atoms with Gasteiger partial charge in [-0.25, -0.2) is 8.42 Å². The van der Waals surface area contributed by atoms with Gasteiger partial charge < -0.3 is 10.1 Å². The van der Waals surface area contributed by atoms with Crippen LogP contribution in [0, 0.1) is 5.92 Å².